The lowest BCUT2D eigenvalue weighted by Crippen LogP contribution is -2.51. The Kier molecular flexibility index (Phi) is 5.94. The van der Waals surface area contributed by atoms with Crippen molar-refractivity contribution in [2.75, 3.05) is 51.7 Å². The number of benzene rings is 1. The molecule has 0 bridgehead atoms. The van der Waals surface area contributed by atoms with E-state index in [9.17, 15) is 9.59 Å². The first-order chi connectivity index (χ1) is 11.1. The molecule has 7 heteroatoms. The molecule has 0 aromatic heterocycles. The van der Waals surface area contributed by atoms with Gasteiger partial charge in [-0.3, -0.25) is 14.5 Å². The molecular weight excluding hydrogens is 296 g/mol. The molecule has 23 heavy (non-hydrogen) atoms. The third-order valence-electron chi connectivity index (χ3n) is 3.76. The first-order valence-electron chi connectivity index (χ1n) is 7.43. The summed E-state index contributed by atoms with van der Waals surface area (Å²) in [6.07, 6.45) is 0. The van der Waals surface area contributed by atoms with Gasteiger partial charge in [-0.25, -0.2) is 0 Å². The largest absolute Gasteiger partial charge is 0.468 e. The molecule has 0 spiro atoms. The summed E-state index contributed by atoms with van der Waals surface area (Å²) >= 11 is 0. The number of methoxy groups -OCH3 is 1. The molecule has 122 valence electrons. The number of nitriles is 1. The zero-order valence-corrected chi connectivity index (χ0v) is 13.1. The van der Waals surface area contributed by atoms with E-state index in [1.54, 1.807) is 29.2 Å². The molecule has 0 atom stereocenters. The molecule has 0 saturated carbocycles. The second kappa shape index (κ2) is 8.15. The Hall–Kier alpha value is -2.59. The maximum Gasteiger partial charge on any atom is 0.319 e. The molecule has 1 aromatic carbocycles. The molecule has 0 unspecified atom stereocenters. The van der Waals surface area contributed by atoms with Gasteiger partial charge in [0.1, 0.15) is 0 Å². The molecule has 1 fully saturated rings. The fraction of sp³-hybridized carbons (Fsp3) is 0.438. The number of amides is 1. The monoisotopic (exact) mass is 316 g/mol. The second-order valence-corrected chi connectivity index (χ2v) is 5.28. The number of carbonyl (C=O) groups is 2. The zero-order valence-electron chi connectivity index (χ0n) is 13.1. The van der Waals surface area contributed by atoms with Crippen molar-refractivity contribution >= 4 is 17.6 Å². The Labute approximate surface area is 135 Å². The first kappa shape index (κ1) is 16.8. The van der Waals surface area contributed by atoms with Crippen LogP contribution < -0.4 is 5.32 Å². The number of piperazine rings is 1. The van der Waals surface area contributed by atoms with Crippen LogP contribution in [0.15, 0.2) is 24.3 Å². The van der Waals surface area contributed by atoms with Crippen molar-refractivity contribution < 1.29 is 14.3 Å². The highest BCUT2D eigenvalue weighted by molar-refractivity contribution is 5.81. The van der Waals surface area contributed by atoms with Gasteiger partial charge in [-0.15, -0.1) is 0 Å². The van der Waals surface area contributed by atoms with Crippen molar-refractivity contribution in [3.63, 3.8) is 0 Å². The molecular formula is C16H20N4O3. The lowest BCUT2D eigenvalue weighted by Gasteiger charge is -2.34. The maximum absolute atomic E-state index is 12.2. The van der Waals surface area contributed by atoms with Crippen molar-refractivity contribution in [1.29, 1.82) is 5.26 Å². The van der Waals surface area contributed by atoms with Gasteiger partial charge < -0.3 is 15.0 Å². The zero-order chi connectivity index (χ0) is 16.7. The average molecular weight is 316 g/mol. The van der Waals surface area contributed by atoms with Gasteiger partial charge in [-0.2, -0.15) is 5.26 Å². The van der Waals surface area contributed by atoms with Crippen molar-refractivity contribution in [3.8, 4) is 6.07 Å². The van der Waals surface area contributed by atoms with Gasteiger partial charge >= 0.3 is 5.97 Å². The van der Waals surface area contributed by atoms with Crippen molar-refractivity contribution in [2.24, 2.45) is 0 Å². The number of hydrogen-bond acceptors (Lipinski definition) is 6. The third-order valence-corrected chi connectivity index (χ3v) is 3.76. The first-order valence-corrected chi connectivity index (χ1v) is 7.43. The van der Waals surface area contributed by atoms with Crippen LogP contribution in [0.2, 0.25) is 0 Å². The number of carbonyl (C=O) groups excluding carboxylic acids is 2. The summed E-state index contributed by atoms with van der Waals surface area (Å²) in [5.41, 5.74) is 1.39. The Morgan fingerprint density at radius 2 is 1.87 bits per heavy atom. The van der Waals surface area contributed by atoms with Gasteiger partial charge in [0.2, 0.25) is 5.91 Å². The fourth-order valence-corrected chi connectivity index (χ4v) is 2.35. The van der Waals surface area contributed by atoms with Crippen LogP contribution >= 0.6 is 0 Å². The quantitative estimate of drug-likeness (QED) is 0.786. The van der Waals surface area contributed by atoms with Crippen LogP contribution in [0.1, 0.15) is 5.56 Å². The maximum atomic E-state index is 12.2. The van der Waals surface area contributed by atoms with E-state index in [0.29, 0.717) is 31.7 Å². The highest BCUT2D eigenvalue weighted by atomic mass is 16.5. The van der Waals surface area contributed by atoms with E-state index in [2.05, 4.69) is 16.1 Å². The molecule has 0 aliphatic carbocycles. The standard InChI is InChI=1S/C16H20N4O3/c1-23-16(22)12-19-6-8-20(9-7-19)15(21)11-18-14-4-2-13(10-17)3-5-14/h2-5,18H,6-9,11-12H2,1H3. The normalized spacial score (nSPS) is 14.9. The van der Waals surface area contributed by atoms with Crippen molar-refractivity contribution in [2.45, 2.75) is 0 Å². The molecule has 0 radical (unpaired) electrons. The highest BCUT2D eigenvalue weighted by Crippen LogP contribution is 2.09. The van der Waals surface area contributed by atoms with Crippen molar-refractivity contribution in [1.82, 2.24) is 9.80 Å². The minimum atomic E-state index is -0.257. The molecule has 1 saturated heterocycles. The van der Waals surface area contributed by atoms with Gasteiger partial charge in [-0.05, 0) is 24.3 Å². The van der Waals surface area contributed by atoms with E-state index in [4.69, 9.17) is 5.26 Å². The number of hydrogen-bond donors (Lipinski definition) is 1. The molecule has 1 aliphatic heterocycles. The smallest absolute Gasteiger partial charge is 0.319 e. The van der Waals surface area contributed by atoms with Gasteiger partial charge in [-0.1, -0.05) is 0 Å². The Morgan fingerprint density at radius 1 is 1.22 bits per heavy atom. The number of esters is 1. The van der Waals surface area contributed by atoms with Crippen molar-refractivity contribution in [3.05, 3.63) is 29.8 Å². The predicted octanol–water partition coefficient (Wildman–Crippen LogP) is 0.287. The van der Waals surface area contributed by atoms with Gasteiger partial charge in [0.15, 0.2) is 0 Å². The number of anilines is 1. The molecule has 1 heterocycles. The minimum absolute atomic E-state index is 0.0204. The summed E-state index contributed by atoms with van der Waals surface area (Å²) in [5.74, 6) is -0.237. The van der Waals surface area contributed by atoms with Crippen LogP contribution in [0.25, 0.3) is 0 Å². The van der Waals surface area contributed by atoms with Gasteiger partial charge in [0.25, 0.3) is 0 Å². The lowest BCUT2D eigenvalue weighted by atomic mass is 10.2. The van der Waals surface area contributed by atoms with Crippen LogP contribution in [0.4, 0.5) is 5.69 Å². The minimum Gasteiger partial charge on any atom is -0.468 e. The summed E-state index contributed by atoms with van der Waals surface area (Å²) in [7, 11) is 1.37. The second-order valence-electron chi connectivity index (χ2n) is 5.28. The molecule has 2 rings (SSSR count). The molecule has 1 aliphatic rings. The number of nitrogens with zero attached hydrogens (tertiary/aromatic N) is 3. The predicted molar refractivity (Wildman–Crippen MR) is 84.7 cm³/mol. The Morgan fingerprint density at radius 3 is 2.43 bits per heavy atom. The summed E-state index contributed by atoms with van der Waals surface area (Å²) in [6.45, 7) is 3.01. The van der Waals surface area contributed by atoms with Gasteiger partial charge in [0.05, 0.1) is 31.8 Å². The number of ether oxygens (including phenoxy) is 1. The van der Waals surface area contributed by atoms with E-state index >= 15 is 0 Å². The third kappa shape index (κ3) is 4.97. The Balaban J connectivity index is 1.74. The van der Waals surface area contributed by atoms with E-state index < -0.39 is 0 Å². The average Bonchev–Trinajstić information content (AvgIpc) is 2.60. The van der Waals surface area contributed by atoms with E-state index in [1.165, 1.54) is 7.11 Å². The van der Waals surface area contributed by atoms with E-state index in [0.717, 1.165) is 5.69 Å². The van der Waals surface area contributed by atoms with Crippen LogP contribution in [0.5, 0.6) is 0 Å². The van der Waals surface area contributed by atoms with Crippen LogP contribution in [-0.2, 0) is 14.3 Å². The molecule has 1 N–H and O–H groups in total. The SMILES string of the molecule is COC(=O)CN1CCN(C(=O)CNc2ccc(C#N)cc2)CC1. The number of rotatable bonds is 5. The Bertz CT molecular complexity index is 586. The van der Waals surface area contributed by atoms with E-state index in [1.807, 2.05) is 4.90 Å². The summed E-state index contributed by atoms with van der Waals surface area (Å²) in [6, 6.07) is 9.02. The fourth-order valence-electron chi connectivity index (χ4n) is 2.35. The van der Waals surface area contributed by atoms with E-state index in [-0.39, 0.29) is 25.0 Å². The molecule has 1 amide bonds. The molecule has 1 aromatic rings. The number of nitrogens with one attached hydrogen (secondary N) is 1. The topological polar surface area (TPSA) is 85.7 Å². The molecule has 7 nitrogen and oxygen atoms in total. The van der Waals surface area contributed by atoms with Gasteiger partial charge in [0, 0.05) is 31.9 Å². The van der Waals surface area contributed by atoms with Crippen LogP contribution in [-0.4, -0.2) is 68.1 Å². The highest BCUT2D eigenvalue weighted by Gasteiger charge is 2.22. The summed E-state index contributed by atoms with van der Waals surface area (Å²) < 4.78 is 4.64. The summed E-state index contributed by atoms with van der Waals surface area (Å²) in [5, 5.41) is 11.8. The summed E-state index contributed by atoms with van der Waals surface area (Å²) in [4.78, 5) is 27.2. The van der Waals surface area contributed by atoms with Crippen LogP contribution in [0, 0.1) is 11.3 Å². The lowest BCUT2D eigenvalue weighted by molar-refractivity contribution is -0.142. The van der Waals surface area contributed by atoms with Crippen LogP contribution in [0.3, 0.4) is 0 Å².